The van der Waals surface area contributed by atoms with E-state index in [1.807, 2.05) is 0 Å². The van der Waals surface area contributed by atoms with Gasteiger partial charge in [-0.15, -0.1) is 0 Å². The number of nitrogens with two attached hydrogens (primary N) is 2. The minimum absolute atomic E-state index is 0.0807. The van der Waals surface area contributed by atoms with E-state index in [0.717, 1.165) is 25.3 Å². The molecule has 1 aliphatic heterocycles. The first-order valence-electron chi connectivity index (χ1n) is 8.62. The summed E-state index contributed by atoms with van der Waals surface area (Å²) in [6.07, 6.45) is 1.03. The number of aromatic nitrogens is 1. The number of primary amides is 1. The Labute approximate surface area is 168 Å². The van der Waals surface area contributed by atoms with Gasteiger partial charge in [0.1, 0.15) is 17.6 Å². The fraction of sp³-hybridized carbons (Fsp3) is 0.263. The lowest BCUT2D eigenvalue weighted by atomic mass is 9.94. The van der Waals surface area contributed by atoms with Crippen LogP contribution < -0.4 is 11.1 Å². The van der Waals surface area contributed by atoms with Gasteiger partial charge in [-0.3, -0.25) is 19.9 Å². The third-order valence-corrected chi connectivity index (χ3v) is 5.97. The summed E-state index contributed by atoms with van der Waals surface area (Å²) in [5, 5.41) is 1.56. The molecule has 0 bridgehead atoms. The number of amides is 2. The molecule has 1 aromatic heterocycles. The molecule has 2 aromatic rings. The number of amidine groups is 1. The number of pyridine rings is 1. The van der Waals surface area contributed by atoms with Gasteiger partial charge in [0.25, 0.3) is 22.9 Å². The maximum absolute atomic E-state index is 15.3. The molecule has 4 N–H and O–H groups in total. The van der Waals surface area contributed by atoms with Crippen LogP contribution in [0.1, 0.15) is 41.5 Å². The molecule has 29 heavy (non-hydrogen) atoms. The van der Waals surface area contributed by atoms with Crippen molar-refractivity contribution in [3.8, 4) is 0 Å². The zero-order valence-corrected chi connectivity index (χ0v) is 16.3. The quantitative estimate of drug-likeness (QED) is 0.769. The summed E-state index contributed by atoms with van der Waals surface area (Å²) in [7, 11) is 0. The van der Waals surface area contributed by atoms with E-state index < -0.39 is 39.9 Å². The fourth-order valence-corrected chi connectivity index (χ4v) is 4.13. The molecule has 0 spiro atoms. The van der Waals surface area contributed by atoms with Crippen LogP contribution in [0.5, 0.6) is 0 Å². The molecule has 2 amide bonds. The number of quaternary nitrogens is 1. The molecule has 10 heteroatoms. The zero-order chi connectivity index (χ0) is 21.4. The standard InChI is InChI=1S/C19H17F3N4O2S/c1-10(12-5-3-4-6-13(12)20)25-17-26-16(28)18(2,29-17)19(21,22)11-7-8-24-14(9-11)15(23)27/h3-10H,1-2H3,(H2,23,27)(H,25,26,28)/p+1/t10-,18?/m0/s1. The number of benzene rings is 1. The van der Waals surface area contributed by atoms with Crippen LogP contribution in [-0.2, 0) is 10.7 Å². The second-order valence-corrected chi connectivity index (χ2v) is 8.17. The van der Waals surface area contributed by atoms with E-state index in [0.29, 0.717) is 17.3 Å². The Morgan fingerprint density at radius 1 is 1.31 bits per heavy atom. The van der Waals surface area contributed by atoms with E-state index in [1.54, 1.807) is 25.1 Å². The second-order valence-electron chi connectivity index (χ2n) is 6.74. The van der Waals surface area contributed by atoms with Gasteiger partial charge in [0.2, 0.25) is 0 Å². The van der Waals surface area contributed by atoms with Crippen LogP contribution in [0.3, 0.4) is 0 Å². The summed E-state index contributed by atoms with van der Waals surface area (Å²) in [6.45, 7) is 2.77. The fourth-order valence-electron chi connectivity index (χ4n) is 2.94. The van der Waals surface area contributed by atoms with Gasteiger partial charge in [0.15, 0.2) is 4.75 Å². The molecule has 0 saturated heterocycles. The first-order valence-corrected chi connectivity index (χ1v) is 9.43. The summed E-state index contributed by atoms with van der Waals surface area (Å²) in [5.74, 6) is -6.07. The first kappa shape index (κ1) is 21.0. The highest BCUT2D eigenvalue weighted by Gasteiger charge is 2.62. The number of carbonyl (C=O) groups excluding carboxylic acids is 2. The molecule has 6 nitrogen and oxygen atoms in total. The first-order chi connectivity index (χ1) is 13.6. The minimum atomic E-state index is -3.66. The molecule has 0 radical (unpaired) electrons. The number of halogens is 3. The van der Waals surface area contributed by atoms with Gasteiger partial charge < -0.3 is 5.73 Å². The number of hydrogen-bond acceptors (Lipinski definition) is 4. The molecular weight excluding hydrogens is 405 g/mol. The van der Waals surface area contributed by atoms with Crippen LogP contribution in [0.2, 0.25) is 0 Å². The Kier molecular flexibility index (Phi) is 5.50. The van der Waals surface area contributed by atoms with Crippen molar-refractivity contribution >= 4 is 28.7 Å². The number of hydrogen-bond donors (Lipinski definition) is 2. The SMILES string of the molecule is C[C@H]([NH2+]C1=NC(=O)C(C)(C(F)(F)c2ccnc(C(N)=O)c2)S1)c1ccccc1F. The Hall–Kier alpha value is -2.72. The molecule has 1 unspecified atom stereocenters. The van der Waals surface area contributed by atoms with Crippen molar-refractivity contribution in [2.75, 3.05) is 0 Å². The summed E-state index contributed by atoms with van der Waals surface area (Å²) in [4.78, 5) is 31.1. The van der Waals surface area contributed by atoms with Crippen molar-refractivity contribution < 1.29 is 28.1 Å². The number of carbonyl (C=O) groups is 2. The van der Waals surface area contributed by atoms with Crippen LogP contribution in [0.25, 0.3) is 0 Å². The largest absolute Gasteiger partial charge is 0.364 e. The Bertz CT molecular complexity index is 1010. The zero-order valence-electron chi connectivity index (χ0n) is 15.5. The average molecular weight is 423 g/mol. The van der Waals surface area contributed by atoms with Crippen molar-refractivity contribution in [3.63, 3.8) is 0 Å². The molecule has 1 aromatic carbocycles. The van der Waals surface area contributed by atoms with E-state index in [-0.39, 0.29) is 10.9 Å². The molecule has 152 valence electrons. The van der Waals surface area contributed by atoms with Gasteiger partial charge in [0.05, 0.1) is 0 Å². The molecule has 2 heterocycles. The highest BCUT2D eigenvalue weighted by Crippen LogP contribution is 2.50. The number of alkyl halides is 2. The smallest absolute Gasteiger partial charge is 0.297 e. The molecule has 0 saturated carbocycles. The van der Waals surface area contributed by atoms with Crippen molar-refractivity contribution in [1.82, 2.24) is 4.98 Å². The maximum atomic E-state index is 15.3. The Morgan fingerprint density at radius 2 is 2.00 bits per heavy atom. The minimum Gasteiger partial charge on any atom is -0.364 e. The molecule has 3 rings (SSSR count). The van der Waals surface area contributed by atoms with Crippen LogP contribution in [0, 0.1) is 5.82 Å². The summed E-state index contributed by atoms with van der Waals surface area (Å²) in [5.41, 5.74) is 4.57. The van der Waals surface area contributed by atoms with E-state index in [1.165, 1.54) is 11.4 Å². The predicted octanol–water partition coefficient (Wildman–Crippen LogP) is 2.12. The van der Waals surface area contributed by atoms with Crippen molar-refractivity contribution in [3.05, 3.63) is 65.2 Å². The van der Waals surface area contributed by atoms with Crippen molar-refractivity contribution in [1.29, 1.82) is 0 Å². The average Bonchev–Trinajstić information content (AvgIpc) is 2.97. The summed E-state index contributed by atoms with van der Waals surface area (Å²) >= 11 is 0.602. The van der Waals surface area contributed by atoms with Gasteiger partial charge >= 0.3 is 0 Å². The lowest BCUT2D eigenvalue weighted by molar-refractivity contribution is -0.579. The van der Waals surface area contributed by atoms with Gasteiger partial charge in [-0.05, 0) is 43.8 Å². The highest BCUT2D eigenvalue weighted by molar-refractivity contribution is 8.15. The molecule has 1 aliphatic rings. The Balaban J connectivity index is 1.85. The van der Waals surface area contributed by atoms with E-state index >= 15 is 8.78 Å². The van der Waals surface area contributed by atoms with Crippen LogP contribution in [0.4, 0.5) is 13.2 Å². The summed E-state index contributed by atoms with van der Waals surface area (Å²) < 4.78 is 42.3. The summed E-state index contributed by atoms with van der Waals surface area (Å²) in [6, 6.07) is 7.49. The van der Waals surface area contributed by atoms with E-state index in [2.05, 4.69) is 9.98 Å². The highest BCUT2D eigenvalue weighted by atomic mass is 32.2. The maximum Gasteiger partial charge on any atom is 0.297 e. The van der Waals surface area contributed by atoms with Crippen LogP contribution in [0.15, 0.2) is 47.6 Å². The van der Waals surface area contributed by atoms with Gasteiger partial charge in [0, 0.05) is 17.3 Å². The number of nitrogens with zero attached hydrogens (tertiary/aromatic N) is 2. The second kappa shape index (κ2) is 7.60. The van der Waals surface area contributed by atoms with Gasteiger partial charge in [-0.1, -0.05) is 18.2 Å². The molecular formula is C19H18F3N4O2S+. The third-order valence-electron chi connectivity index (χ3n) is 4.69. The van der Waals surface area contributed by atoms with E-state index in [9.17, 15) is 14.0 Å². The lowest BCUT2D eigenvalue weighted by Gasteiger charge is -2.30. The number of thioether (sulfide) groups is 1. The van der Waals surface area contributed by atoms with E-state index in [4.69, 9.17) is 5.73 Å². The van der Waals surface area contributed by atoms with Gasteiger partial charge in [-0.25, -0.2) is 4.39 Å². The number of rotatable bonds is 5. The molecule has 0 fully saturated rings. The van der Waals surface area contributed by atoms with Gasteiger partial charge in [-0.2, -0.15) is 13.8 Å². The topological polar surface area (TPSA) is 102 Å². The Morgan fingerprint density at radius 3 is 2.66 bits per heavy atom. The predicted molar refractivity (Wildman–Crippen MR) is 102 cm³/mol. The molecule has 0 aliphatic carbocycles. The third kappa shape index (κ3) is 3.77. The monoisotopic (exact) mass is 423 g/mol. The normalized spacial score (nSPS) is 20.4. The molecule has 2 atom stereocenters. The van der Waals surface area contributed by atoms with Crippen molar-refractivity contribution in [2.45, 2.75) is 30.6 Å². The lowest BCUT2D eigenvalue weighted by Crippen LogP contribution is -2.87. The van der Waals surface area contributed by atoms with Crippen molar-refractivity contribution in [2.24, 2.45) is 10.7 Å². The number of aliphatic imine (C=N–C) groups is 1. The van der Waals surface area contributed by atoms with Crippen LogP contribution >= 0.6 is 11.8 Å². The van der Waals surface area contributed by atoms with Crippen LogP contribution in [-0.4, -0.2) is 26.7 Å².